The van der Waals surface area contributed by atoms with E-state index in [1.165, 1.54) is 29.9 Å². The van der Waals surface area contributed by atoms with Gasteiger partial charge in [0, 0.05) is 37.3 Å². The Morgan fingerprint density at radius 1 is 1.35 bits per heavy atom. The molecule has 2 heterocycles. The van der Waals surface area contributed by atoms with E-state index in [-0.39, 0.29) is 5.91 Å². The van der Waals surface area contributed by atoms with Crippen LogP contribution in [0, 0.1) is 5.41 Å². The molecule has 0 aliphatic heterocycles. The van der Waals surface area contributed by atoms with Gasteiger partial charge in [-0.15, -0.1) is 0 Å². The van der Waals surface area contributed by atoms with Crippen molar-refractivity contribution in [2.24, 2.45) is 5.41 Å². The number of aromatic nitrogens is 4. The number of anilines is 1. The molecule has 0 aromatic carbocycles. The van der Waals surface area contributed by atoms with Crippen molar-refractivity contribution in [1.29, 1.82) is 0 Å². The van der Waals surface area contributed by atoms with E-state index in [4.69, 9.17) is 0 Å². The normalized spacial score (nSPS) is 15.4. The van der Waals surface area contributed by atoms with Crippen molar-refractivity contribution in [3.05, 3.63) is 17.3 Å². The summed E-state index contributed by atoms with van der Waals surface area (Å²) in [6.45, 7) is 7.26. The quantitative estimate of drug-likeness (QED) is 0.409. The van der Waals surface area contributed by atoms with Crippen LogP contribution in [0.1, 0.15) is 38.4 Å². The number of nitrogens with one attached hydrogen (secondary N) is 3. The molecule has 2 aromatic rings. The van der Waals surface area contributed by atoms with Gasteiger partial charge in [-0.2, -0.15) is 5.10 Å². The van der Waals surface area contributed by atoms with Gasteiger partial charge in [0.05, 0.1) is 5.69 Å². The summed E-state index contributed by atoms with van der Waals surface area (Å²) < 4.78 is 0. The van der Waals surface area contributed by atoms with Crippen molar-refractivity contribution in [2.45, 2.75) is 45.2 Å². The summed E-state index contributed by atoms with van der Waals surface area (Å²) >= 11 is 1.51. The zero-order valence-electron chi connectivity index (χ0n) is 15.8. The summed E-state index contributed by atoms with van der Waals surface area (Å²) in [6.07, 6.45) is 5.13. The van der Waals surface area contributed by atoms with Crippen LogP contribution in [-0.2, 0) is 17.6 Å². The zero-order valence-corrected chi connectivity index (χ0v) is 16.6. The molecule has 3 rings (SSSR count). The molecule has 26 heavy (non-hydrogen) atoms. The maximum absolute atomic E-state index is 11.0. The van der Waals surface area contributed by atoms with Crippen LogP contribution in [0.3, 0.4) is 0 Å². The molecule has 0 atom stereocenters. The van der Waals surface area contributed by atoms with Crippen molar-refractivity contribution in [3.63, 3.8) is 0 Å². The van der Waals surface area contributed by atoms with Gasteiger partial charge in [-0.05, 0) is 30.9 Å². The standard InChI is InChI=1S/C18H26N6OS/c1-11(25)19-7-8-20-15-9-13(21-17(22-15)26-4)16-12-5-6-18(2,3)10-14(12)23-24-16/h9H,5-8,10H2,1-4H3,(H,19,25)(H,23,24)(H,20,21,22). The van der Waals surface area contributed by atoms with Gasteiger partial charge in [0.15, 0.2) is 5.16 Å². The fourth-order valence-electron chi connectivity index (χ4n) is 3.22. The van der Waals surface area contributed by atoms with Crippen molar-refractivity contribution in [1.82, 2.24) is 25.5 Å². The predicted octanol–water partition coefficient (Wildman–Crippen LogP) is 2.65. The van der Waals surface area contributed by atoms with Crippen molar-refractivity contribution in [2.75, 3.05) is 24.7 Å². The number of hydrogen-bond donors (Lipinski definition) is 3. The molecule has 0 spiro atoms. The fourth-order valence-corrected chi connectivity index (χ4v) is 3.60. The van der Waals surface area contributed by atoms with Gasteiger partial charge in [0.1, 0.15) is 11.5 Å². The first-order valence-corrected chi connectivity index (χ1v) is 10.1. The molecular weight excluding hydrogens is 348 g/mol. The van der Waals surface area contributed by atoms with E-state index in [0.717, 1.165) is 36.5 Å². The van der Waals surface area contributed by atoms with Gasteiger partial charge < -0.3 is 10.6 Å². The maximum Gasteiger partial charge on any atom is 0.216 e. The van der Waals surface area contributed by atoms with Gasteiger partial charge in [-0.3, -0.25) is 9.89 Å². The minimum absolute atomic E-state index is 0.0361. The summed E-state index contributed by atoms with van der Waals surface area (Å²) in [5, 5.41) is 14.5. The van der Waals surface area contributed by atoms with Gasteiger partial charge in [0.25, 0.3) is 0 Å². The Hall–Kier alpha value is -2.09. The van der Waals surface area contributed by atoms with Crippen molar-refractivity contribution >= 4 is 23.5 Å². The molecule has 8 heteroatoms. The van der Waals surface area contributed by atoms with E-state index in [2.05, 4.69) is 44.6 Å². The lowest BCUT2D eigenvalue weighted by molar-refractivity contribution is -0.118. The molecule has 0 saturated carbocycles. The minimum atomic E-state index is -0.0361. The van der Waals surface area contributed by atoms with Crippen molar-refractivity contribution < 1.29 is 4.79 Å². The average molecular weight is 375 g/mol. The van der Waals surface area contributed by atoms with Gasteiger partial charge >= 0.3 is 0 Å². The number of fused-ring (bicyclic) bond motifs is 1. The number of aromatic amines is 1. The van der Waals surface area contributed by atoms with Crippen LogP contribution in [0.4, 0.5) is 5.82 Å². The predicted molar refractivity (Wildman–Crippen MR) is 104 cm³/mol. The summed E-state index contributed by atoms with van der Waals surface area (Å²) in [5.41, 5.74) is 4.57. The number of amides is 1. The van der Waals surface area contributed by atoms with Crippen LogP contribution in [0.2, 0.25) is 0 Å². The highest BCUT2D eigenvalue weighted by molar-refractivity contribution is 7.98. The van der Waals surface area contributed by atoms with Crippen LogP contribution in [-0.4, -0.2) is 45.4 Å². The lowest BCUT2D eigenvalue weighted by Crippen LogP contribution is -2.26. The van der Waals surface area contributed by atoms with E-state index in [0.29, 0.717) is 23.7 Å². The second-order valence-electron chi connectivity index (χ2n) is 7.41. The Kier molecular flexibility index (Phi) is 5.50. The molecule has 1 aliphatic rings. The highest BCUT2D eigenvalue weighted by Crippen LogP contribution is 2.37. The van der Waals surface area contributed by atoms with E-state index < -0.39 is 0 Å². The van der Waals surface area contributed by atoms with E-state index >= 15 is 0 Å². The summed E-state index contributed by atoms with van der Waals surface area (Å²) in [7, 11) is 0. The Bertz CT molecular complexity index is 801. The second-order valence-corrected chi connectivity index (χ2v) is 8.18. The molecule has 7 nitrogen and oxygen atoms in total. The molecule has 140 valence electrons. The Morgan fingerprint density at radius 2 is 2.15 bits per heavy atom. The highest BCUT2D eigenvalue weighted by atomic mass is 32.2. The first-order valence-electron chi connectivity index (χ1n) is 8.86. The Balaban J connectivity index is 1.83. The smallest absolute Gasteiger partial charge is 0.216 e. The van der Waals surface area contributed by atoms with Crippen LogP contribution in [0.5, 0.6) is 0 Å². The minimum Gasteiger partial charge on any atom is -0.368 e. The summed E-state index contributed by atoms with van der Waals surface area (Å²) in [4.78, 5) is 20.1. The third-order valence-corrected chi connectivity index (χ3v) is 5.14. The lowest BCUT2D eigenvalue weighted by Gasteiger charge is -2.29. The fraction of sp³-hybridized carbons (Fsp3) is 0.556. The molecule has 0 radical (unpaired) electrons. The van der Waals surface area contributed by atoms with Crippen LogP contribution in [0.15, 0.2) is 11.2 Å². The molecule has 0 saturated heterocycles. The monoisotopic (exact) mass is 374 g/mol. The number of carbonyl (C=O) groups is 1. The third kappa shape index (κ3) is 4.35. The zero-order chi connectivity index (χ0) is 18.7. The summed E-state index contributed by atoms with van der Waals surface area (Å²) in [6, 6.07) is 1.93. The van der Waals surface area contributed by atoms with Gasteiger partial charge in [0.2, 0.25) is 5.91 Å². The molecular formula is C18H26N6OS. The number of carbonyl (C=O) groups excluding carboxylic acids is 1. The van der Waals surface area contributed by atoms with Crippen LogP contribution in [0.25, 0.3) is 11.4 Å². The molecule has 2 aromatic heterocycles. The van der Waals surface area contributed by atoms with Crippen LogP contribution < -0.4 is 10.6 Å². The first-order chi connectivity index (χ1) is 12.4. The van der Waals surface area contributed by atoms with E-state index in [1.807, 2.05) is 12.3 Å². The second kappa shape index (κ2) is 7.65. The number of nitrogens with zero attached hydrogens (tertiary/aromatic N) is 3. The molecule has 0 fully saturated rings. The van der Waals surface area contributed by atoms with Crippen molar-refractivity contribution in [3.8, 4) is 11.4 Å². The number of rotatable bonds is 6. The molecule has 0 unspecified atom stereocenters. The highest BCUT2D eigenvalue weighted by Gasteiger charge is 2.29. The average Bonchev–Trinajstić information content (AvgIpc) is 3.00. The van der Waals surface area contributed by atoms with Crippen LogP contribution >= 0.6 is 11.8 Å². The Labute approximate surface area is 158 Å². The molecule has 0 bridgehead atoms. The third-order valence-electron chi connectivity index (χ3n) is 4.60. The number of H-pyrrole nitrogens is 1. The molecule has 3 N–H and O–H groups in total. The van der Waals surface area contributed by atoms with E-state index in [9.17, 15) is 4.79 Å². The SMILES string of the molecule is CSc1nc(NCCNC(C)=O)cc(-c2n[nH]c3c2CCC(C)(C)C3)n1. The van der Waals surface area contributed by atoms with Gasteiger partial charge in [-0.25, -0.2) is 9.97 Å². The van der Waals surface area contributed by atoms with Gasteiger partial charge in [-0.1, -0.05) is 25.6 Å². The first kappa shape index (κ1) is 18.7. The molecule has 1 aliphatic carbocycles. The maximum atomic E-state index is 11.0. The molecule has 1 amide bonds. The Morgan fingerprint density at radius 3 is 2.88 bits per heavy atom. The topological polar surface area (TPSA) is 95.6 Å². The van der Waals surface area contributed by atoms with E-state index in [1.54, 1.807) is 0 Å². The summed E-state index contributed by atoms with van der Waals surface area (Å²) in [5.74, 6) is 0.712. The number of hydrogen-bond acceptors (Lipinski definition) is 6. The number of thioether (sulfide) groups is 1. The largest absolute Gasteiger partial charge is 0.368 e. The lowest BCUT2D eigenvalue weighted by atomic mass is 9.76.